The summed E-state index contributed by atoms with van der Waals surface area (Å²) in [7, 11) is 0. The first-order chi connectivity index (χ1) is 12.8. The Hall–Kier alpha value is -1.75. The Kier molecular flexibility index (Phi) is 12.4. The second-order valence-corrected chi connectivity index (χ2v) is 6.19. The molecule has 0 N–H and O–H groups in total. The van der Waals surface area contributed by atoms with E-state index in [1.165, 1.54) is 0 Å². The molecule has 2 aromatic rings. The molecule has 0 saturated carbocycles. The first-order valence-corrected chi connectivity index (χ1v) is 9.62. The molecule has 4 nitrogen and oxygen atoms in total. The maximum absolute atomic E-state index is 5.81. The van der Waals surface area contributed by atoms with Gasteiger partial charge in [-0.15, -0.1) is 12.4 Å². The zero-order valence-corrected chi connectivity index (χ0v) is 17.4. The van der Waals surface area contributed by atoms with Crippen LogP contribution in [0.5, 0.6) is 11.5 Å². The van der Waals surface area contributed by atoms with Crippen LogP contribution in [0.2, 0.25) is 0 Å². The van der Waals surface area contributed by atoms with Gasteiger partial charge in [-0.25, -0.2) is 0 Å². The number of rotatable bonds is 13. The summed E-state index contributed by atoms with van der Waals surface area (Å²) in [6.07, 6.45) is 0. The zero-order valence-electron chi connectivity index (χ0n) is 16.5. The van der Waals surface area contributed by atoms with Crippen LogP contribution in [-0.2, 0) is 0 Å². The second kappa shape index (κ2) is 14.3. The molecule has 0 aliphatic rings. The third-order valence-corrected chi connectivity index (χ3v) is 4.47. The van der Waals surface area contributed by atoms with Crippen molar-refractivity contribution in [3.63, 3.8) is 0 Å². The fourth-order valence-electron chi connectivity index (χ4n) is 2.76. The molecule has 0 atom stereocenters. The van der Waals surface area contributed by atoms with Crippen LogP contribution < -0.4 is 9.47 Å². The van der Waals surface area contributed by atoms with Gasteiger partial charge in [0.1, 0.15) is 24.7 Å². The summed E-state index contributed by atoms with van der Waals surface area (Å²) in [5, 5.41) is 0. The molecule has 0 bridgehead atoms. The number of hydrogen-bond acceptors (Lipinski definition) is 4. The Morgan fingerprint density at radius 2 is 0.963 bits per heavy atom. The maximum Gasteiger partial charge on any atom is 0.119 e. The molecule has 2 rings (SSSR count). The Morgan fingerprint density at radius 1 is 0.593 bits per heavy atom. The van der Waals surface area contributed by atoms with E-state index in [9.17, 15) is 0 Å². The van der Waals surface area contributed by atoms with Gasteiger partial charge in [-0.05, 0) is 37.4 Å². The predicted octanol–water partition coefficient (Wildman–Crippen LogP) is 4.21. The van der Waals surface area contributed by atoms with Crippen molar-refractivity contribution in [2.75, 3.05) is 52.5 Å². The molecule has 0 amide bonds. The van der Waals surface area contributed by atoms with Crippen LogP contribution >= 0.6 is 12.4 Å². The SMILES string of the molecule is CCN(CCOc1ccccc1)CCN(CC)CCOc1ccccc1.Cl. The van der Waals surface area contributed by atoms with Crippen molar-refractivity contribution in [3.8, 4) is 11.5 Å². The Morgan fingerprint density at radius 3 is 1.30 bits per heavy atom. The normalized spacial score (nSPS) is 10.7. The summed E-state index contributed by atoms with van der Waals surface area (Å²) in [4.78, 5) is 4.87. The van der Waals surface area contributed by atoms with E-state index in [-0.39, 0.29) is 12.4 Å². The highest BCUT2D eigenvalue weighted by atomic mass is 35.5. The highest BCUT2D eigenvalue weighted by Gasteiger charge is 2.07. The molecule has 0 heterocycles. The molecule has 0 saturated heterocycles. The van der Waals surface area contributed by atoms with E-state index in [0.29, 0.717) is 0 Å². The highest BCUT2D eigenvalue weighted by molar-refractivity contribution is 5.85. The summed E-state index contributed by atoms with van der Waals surface area (Å²) in [5.74, 6) is 1.88. The van der Waals surface area contributed by atoms with Gasteiger partial charge < -0.3 is 9.47 Å². The number of ether oxygens (including phenoxy) is 2. The first-order valence-electron chi connectivity index (χ1n) is 9.62. The van der Waals surface area contributed by atoms with Crippen molar-refractivity contribution in [2.24, 2.45) is 0 Å². The van der Waals surface area contributed by atoms with E-state index < -0.39 is 0 Å². The van der Waals surface area contributed by atoms with Gasteiger partial charge >= 0.3 is 0 Å². The van der Waals surface area contributed by atoms with Crippen LogP contribution in [0, 0.1) is 0 Å². The van der Waals surface area contributed by atoms with Crippen LogP contribution in [0.1, 0.15) is 13.8 Å². The number of nitrogens with zero attached hydrogens (tertiary/aromatic N) is 2. The van der Waals surface area contributed by atoms with Crippen LogP contribution in [-0.4, -0.2) is 62.3 Å². The molecular weight excluding hydrogens is 360 g/mol. The number of para-hydroxylation sites is 2. The van der Waals surface area contributed by atoms with Crippen molar-refractivity contribution in [3.05, 3.63) is 60.7 Å². The molecule has 0 aliphatic carbocycles. The van der Waals surface area contributed by atoms with Crippen molar-refractivity contribution in [1.82, 2.24) is 9.80 Å². The molecule has 0 aromatic heterocycles. The third-order valence-electron chi connectivity index (χ3n) is 4.47. The highest BCUT2D eigenvalue weighted by Crippen LogP contribution is 2.09. The second-order valence-electron chi connectivity index (χ2n) is 6.19. The van der Waals surface area contributed by atoms with Gasteiger partial charge in [0.25, 0.3) is 0 Å². The van der Waals surface area contributed by atoms with Gasteiger partial charge in [-0.2, -0.15) is 0 Å². The number of benzene rings is 2. The topological polar surface area (TPSA) is 24.9 Å². The van der Waals surface area contributed by atoms with Crippen LogP contribution in [0.4, 0.5) is 0 Å². The van der Waals surface area contributed by atoms with E-state index in [1.54, 1.807) is 0 Å². The monoisotopic (exact) mass is 392 g/mol. The molecule has 27 heavy (non-hydrogen) atoms. The van der Waals surface area contributed by atoms with Crippen molar-refractivity contribution in [2.45, 2.75) is 13.8 Å². The van der Waals surface area contributed by atoms with Crippen molar-refractivity contribution < 1.29 is 9.47 Å². The van der Waals surface area contributed by atoms with Crippen molar-refractivity contribution in [1.29, 1.82) is 0 Å². The molecule has 0 unspecified atom stereocenters. The lowest BCUT2D eigenvalue weighted by molar-refractivity contribution is 0.168. The van der Waals surface area contributed by atoms with Crippen LogP contribution in [0.3, 0.4) is 0 Å². The average molecular weight is 393 g/mol. The van der Waals surface area contributed by atoms with Gasteiger partial charge in [-0.1, -0.05) is 50.2 Å². The van der Waals surface area contributed by atoms with E-state index in [0.717, 1.165) is 64.0 Å². The van der Waals surface area contributed by atoms with E-state index >= 15 is 0 Å². The maximum atomic E-state index is 5.81. The van der Waals surface area contributed by atoms with Crippen molar-refractivity contribution >= 4 is 12.4 Å². The van der Waals surface area contributed by atoms with Gasteiger partial charge in [0.2, 0.25) is 0 Å². The Labute approximate surface area is 170 Å². The van der Waals surface area contributed by atoms with Gasteiger partial charge in [-0.3, -0.25) is 9.80 Å². The standard InChI is InChI=1S/C22H32N2O2.ClH/c1-3-23(17-19-25-21-11-7-5-8-12-21)15-16-24(4-2)18-20-26-22-13-9-6-10-14-22;/h5-14H,3-4,15-20H2,1-2H3;1H. The van der Waals surface area contributed by atoms with Gasteiger partial charge in [0.15, 0.2) is 0 Å². The molecule has 2 aromatic carbocycles. The van der Waals surface area contributed by atoms with Gasteiger partial charge in [0, 0.05) is 26.2 Å². The minimum atomic E-state index is 0. The number of likely N-dealkylation sites (N-methyl/N-ethyl adjacent to an activating group) is 2. The van der Waals surface area contributed by atoms with E-state index in [4.69, 9.17) is 9.47 Å². The fraction of sp³-hybridized carbons (Fsp3) is 0.455. The summed E-state index contributed by atoms with van der Waals surface area (Å²) in [6.45, 7) is 11.9. The molecule has 150 valence electrons. The molecule has 0 fully saturated rings. The lowest BCUT2D eigenvalue weighted by atomic mass is 10.3. The van der Waals surface area contributed by atoms with Crippen LogP contribution in [0.15, 0.2) is 60.7 Å². The molecule has 0 radical (unpaired) electrons. The van der Waals surface area contributed by atoms with Gasteiger partial charge in [0.05, 0.1) is 0 Å². The molecule has 0 spiro atoms. The fourth-order valence-corrected chi connectivity index (χ4v) is 2.76. The molecule has 0 aliphatic heterocycles. The van der Waals surface area contributed by atoms with Crippen LogP contribution in [0.25, 0.3) is 0 Å². The summed E-state index contributed by atoms with van der Waals surface area (Å²) in [5.41, 5.74) is 0. The Bertz CT molecular complexity index is 530. The minimum Gasteiger partial charge on any atom is -0.492 e. The summed E-state index contributed by atoms with van der Waals surface area (Å²) >= 11 is 0. The molecular formula is C22H33ClN2O2. The lowest BCUT2D eigenvalue weighted by Gasteiger charge is -2.26. The number of hydrogen-bond donors (Lipinski definition) is 0. The molecule has 5 heteroatoms. The quantitative estimate of drug-likeness (QED) is 0.509. The smallest absolute Gasteiger partial charge is 0.119 e. The van der Waals surface area contributed by atoms with E-state index in [2.05, 4.69) is 23.6 Å². The summed E-state index contributed by atoms with van der Waals surface area (Å²) < 4.78 is 11.6. The number of halogens is 1. The Balaban J connectivity index is 0.00000364. The average Bonchev–Trinajstić information content (AvgIpc) is 2.70. The van der Waals surface area contributed by atoms with E-state index in [1.807, 2.05) is 60.7 Å². The first kappa shape index (κ1) is 23.3. The minimum absolute atomic E-state index is 0. The largest absolute Gasteiger partial charge is 0.492 e. The predicted molar refractivity (Wildman–Crippen MR) is 115 cm³/mol. The lowest BCUT2D eigenvalue weighted by Crippen LogP contribution is -2.38. The summed E-state index contributed by atoms with van der Waals surface area (Å²) in [6, 6.07) is 20.0. The zero-order chi connectivity index (χ0) is 18.5. The third kappa shape index (κ3) is 9.66.